The molecule has 0 saturated heterocycles. The van der Waals surface area contributed by atoms with Gasteiger partial charge in [0.15, 0.2) is 0 Å². The van der Waals surface area contributed by atoms with Crippen molar-refractivity contribution in [3.63, 3.8) is 0 Å². The van der Waals surface area contributed by atoms with E-state index in [4.69, 9.17) is 4.74 Å². The molecule has 1 heterocycles. The zero-order valence-corrected chi connectivity index (χ0v) is 15.3. The van der Waals surface area contributed by atoms with Crippen LogP contribution in [0.4, 0.5) is 0 Å². The summed E-state index contributed by atoms with van der Waals surface area (Å²) in [5, 5.41) is 0. The van der Waals surface area contributed by atoms with E-state index >= 15 is 0 Å². The summed E-state index contributed by atoms with van der Waals surface area (Å²) >= 11 is 0. The Labute approximate surface area is 152 Å². The molecule has 1 amide bonds. The fourth-order valence-corrected chi connectivity index (χ4v) is 2.97. The van der Waals surface area contributed by atoms with Crippen LogP contribution in [0.1, 0.15) is 40.7 Å². The number of rotatable bonds is 7. The summed E-state index contributed by atoms with van der Waals surface area (Å²) in [6.07, 6.45) is 1.93. The number of carbonyl (C=O) groups is 1. The lowest BCUT2D eigenvalue weighted by Gasteiger charge is -2.11. The maximum Gasteiger partial charge on any atom is 0.265 e. The van der Waals surface area contributed by atoms with E-state index in [-0.39, 0.29) is 5.91 Å². The minimum atomic E-state index is -0.184. The summed E-state index contributed by atoms with van der Waals surface area (Å²) in [5.74, 6) is 1.56. The van der Waals surface area contributed by atoms with Gasteiger partial charge in [-0.3, -0.25) is 10.2 Å². The van der Waals surface area contributed by atoms with Crippen molar-refractivity contribution in [3.05, 3.63) is 58.9 Å². The first-order valence-corrected chi connectivity index (χ1v) is 8.76. The van der Waals surface area contributed by atoms with E-state index in [9.17, 15) is 4.79 Å². The average molecular weight is 352 g/mol. The van der Waals surface area contributed by atoms with Crippen LogP contribution in [0.25, 0.3) is 11.0 Å². The molecule has 0 spiro atoms. The third-order valence-corrected chi connectivity index (χ3v) is 4.25. The van der Waals surface area contributed by atoms with Gasteiger partial charge < -0.3 is 9.72 Å². The molecule has 0 aliphatic rings. The predicted octanol–water partition coefficient (Wildman–Crippen LogP) is 3.27. The number of para-hydroxylation sites is 1. The normalized spacial score (nSPS) is 10.9. The van der Waals surface area contributed by atoms with Crippen molar-refractivity contribution in [1.29, 1.82) is 0 Å². The average Bonchev–Trinajstić information content (AvgIpc) is 3.05. The Bertz CT molecular complexity index is 917. The lowest BCUT2D eigenvalue weighted by Crippen LogP contribution is -2.36. The molecule has 1 aromatic heterocycles. The van der Waals surface area contributed by atoms with E-state index in [1.54, 1.807) is 7.11 Å². The van der Waals surface area contributed by atoms with Crippen LogP contribution in [0, 0.1) is 6.92 Å². The summed E-state index contributed by atoms with van der Waals surface area (Å²) < 4.78 is 5.31. The van der Waals surface area contributed by atoms with E-state index in [0.717, 1.165) is 46.6 Å². The van der Waals surface area contributed by atoms with Gasteiger partial charge >= 0.3 is 0 Å². The van der Waals surface area contributed by atoms with Crippen LogP contribution < -0.4 is 15.6 Å². The molecule has 3 N–H and O–H groups in total. The van der Waals surface area contributed by atoms with E-state index in [2.05, 4.69) is 27.7 Å². The molecule has 0 atom stereocenters. The maximum absolute atomic E-state index is 12.5. The molecule has 0 bridgehead atoms. The van der Waals surface area contributed by atoms with E-state index in [1.165, 1.54) is 0 Å². The SMILES string of the molecule is CCCc1nc2c(C)cc(C(=O)NNCc3ccccc3OC)cc2[nH]1. The molecular formula is C20H24N4O2. The first-order valence-electron chi connectivity index (χ1n) is 8.76. The Balaban J connectivity index is 1.69. The number of aromatic amines is 1. The minimum absolute atomic E-state index is 0.184. The zero-order valence-electron chi connectivity index (χ0n) is 15.3. The van der Waals surface area contributed by atoms with Crippen molar-refractivity contribution in [1.82, 2.24) is 20.8 Å². The number of aryl methyl sites for hydroxylation is 2. The van der Waals surface area contributed by atoms with Crippen LogP contribution in [-0.2, 0) is 13.0 Å². The highest BCUT2D eigenvalue weighted by Crippen LogP contribution is 2.20. The van der Waals surface area contributed by atoms with Crippen LogP contribution in [0.2, 0.25) is 0 Å². The number of carbonyl (C=O) groups excluding carboxylic acids is 1. The van der Waals surface area contributed by atoms with Gasteiger partial charge in [-0.1, -0.05) is 25.1 Å². The molecular weight excluding hydrogens is 328 g/mol. The fourth-order valence-electron chi connectivity index (χ4n) is 2.97. The van der Waals surface area contributed by atoms with Crippen molar-refractivity contribution >= 4 is 16.9 Å². The van der Waals surface area contributed by atoms with Gasteiger partial charge in [0, 0.05) is 24.1 Å². The number of amides is 1. The fraction of sp³-hybridized carbons (Fsp3) is 0.300. The number of nitrogens with zero attached hydrogens (tertiary/aromatic N) is 1. The standard InChI is InChI=1S/C20H24N4O2/c1-4-7-18-22-16-11-15(10-13(2)19(16)23-18)20(25)24-21-12-14-8-5-6-9-17(14)26-3/h5-6,8-11,21H,4,7,12H2,1-3H3,(H,22,23)(H,24,25). The Morgan fingerprint density at radius 3 is 2.85 bits per heavy atom. The first kappa shape index (κ1) is 17.9. The molecule has 3 rings (SSSR count). The second-order valence-corrected chi connectivity index (χ2v) is 6.24. The highest BCUT2D eigenvalue weighted by molar-refractivity contribution is 5.98. The van der Waals surface area contributed by atoms with Gasteiger partial charge in [0.1, 0.15) is 11.6 Å². The lowest BCUT2D eigenvalue weighted by molar-refractivity contribution is 0.0932. The van der Waals surface area contributed by atoms with Crippen LogP contribution in [-0.4, -0.2) is 23.0 Å². The largest absolute Gasteiger partial charge is 0.496 e. The molecule has 6 heteroatoms. The van der Waals surface area contributed by atoms with Crippen LogP contribution in [0.3, 0.4) is 0 Å². The molecule has 0 saturated carbocycles. The number of ether oxygens (including phenoxy) is 1. The van der Waals surface area contributed by atoms with Gasteiger partial charge in [0.25, 0.3) is 5.91 Å². The number of nitrogens with one attached hydrogen (secondary N) is 3. The highest BCUT2D eigenvalue weighted by Gasteiger charge is 2.12. The summed E-state index contributed by atoms with van der Waals surface area (Å²) in [5.41, 5.74) is 10.1. The summed E-state index contributed by atoms with van der Waals surface area (Å²) in [4.78, 5) is 20.4. The highest BCUT2D eigenvalue weighted by atomic mass is 16.5. The lowest BCUT2D eigenvalue weighted by atomic mass is 10.1. The zero-order chi connectivity index (χ0) is 18.5. The van der Waals surface area contributed by atoms with Crippen molar-refractivity contribution < 1.29 is 9.53 Å². The monoisotopic (exact) mass is 352 g/mol. The van der Waals surface area contributed by atoms with Crippen molar-refractivity contribution in [2.45, 2.75) is 33.2 Å². The smallest absolute Gasteiger partial charge is 0.265 e. The van der Waals surface area contributed by atoms with Crippen LogP contribution in [0.15, 0.2) is 36.4 Å². The third-order valence-electron chi connectivity index (χ3n) is 4.25. The molecule has 0 radical (unpaired) electrons. The molecule has 0 aliphatic heterocycles. The second-order valence-electron chi connectivity index (χ2n) is 6.24. The van der Waals surface area contributed by atoms with Gasteiger partial charge in [-0.25, -0.2) is 10.4 Å². The van der Waals surface area contributed by atoms with E-state index in [1.807, 2.05) is 43.3 Å². The van der Waals surface area contributed by atoms with Gasteiger partial charge in [0.05, 0.1) is 18.1 Å². The van der Waals surface area contributed by atoms with Crippen molar-refractivity contribution in [2.24, 2.45) is 0 Å². The number of methoxy groups -OCH3 is 1. The molecule has 136 valence electrons. The number of hydrogen-bond donors (Lipinski definition) is 3. The van der Waals surface area contributed by atoms with Crippen LogP contribution >= 0.6 is 0 Å². The predicted molar refractivity (Wildman–Crippen MR) is 102 cm³/mol. The molecule has 2 aromatic carbocycles. The number of benzene rings is 2. The molecule has 6 nitrogen and oxygen atoms in total. The molecule has 3 aromatic rings. The number of aromatic nitrogens is 2. The Morgan fingerprint density at radius 1 is 1.27 bits per heavy atom. The summed E-state index contributed by atoms with van der Waals surface area (Å²) in [6, 6.07) is 11.4. The van der Waals surface area contributed by atoms with Crippen LogP contribution in [0.5, 0.6) is 5.75 Å². The second kappa shape index (κ2) is 8.01. The van der Waals surface area contributed by atoms with E-state index in [0.29, 0.717) is 12.1 Å². The topological polar surface area (TPSA) is 79.0 Å². The number of hydrazine groups is 1. The third kappa shape index (κ3) is 3.86. The van der Waals surface area contributed by atoms with Gasteiger partial charge in [-0.05, 0) is 37.1 Å². The minimum Gasteiger partial charge on any atom is -0.496 e. The molecule has 0 aliphatic carbocycles. The number of hydrogen-bond acceptors (Lipinski definition) is 4. The maximum atomic E-state index is 12.5. The molecule has 0 fully saturated rings. The summed E-state index contributed by atoms with van der Waals surface area (Å²) in [6.45, 7) is 4.56. The van der Waals surface area contributed by atoms with Crippen molar-refractivity contribution in [2.75, 3.05) is 7.11 Å². The van der Waals surface area contributed by atoms with E-state index < -0.39 is 0 Å². The quantitative estimate of drug-likeness (QED) is 0.570. The Hall–Kier alpha value is -2.86. The first-order chi connectivity index (χ1) is 12.6. The summed E-state index contributed by atoms with van der Waals surface area (Å²) in [7, 11) is 1.63. The Morgan fingerprint density at radius 2 is 2.08 bits per heavy atom. The number of imidazole rings is 1. The molecule has 0 unspecified atom stereocenters. The van der Waals surface area contributed by atoms with Gasteiger partial charge in [-0.2, -0.15) is 0 Å². The van der Waals surface area contributed by atoms with Gasteiger partial charge in [-0.15, -0.1) is 0 Å². The number of fused-ring (bicyclic) bond motifs is 1. The molecule has 26 heavy (non-hydrogen) atoms. The Kier molecular flexibility index (Phi) is 5.53. The van der Waals surface area contributed by atoms with Gasteiger partial charge in [0.2, 0.25) is 0 Å². The number of H-pyrrole nitrogens is 1. The van der Waals surface area contributed by atoms with Crippen molar-refractivity contribution in [3.8, 4) is 5.75 Å².